The van der Waals surface area contributed by atoms with Crippen LogP contribution in [0.1, 0.15) is 172 Å². The summed E-state index contributed by atoms with van der Waals surface area (Å²) in [5.41, 5.74) is -3.71. The number of hydrogen-bond acceptors (Lipinski definition) is 12. The Morgan fingerprint density at radius 2 is 1.53 bits per heavy atom. The van der Waals surface area contributed by atoms with Gasteiger partial charge in [-0.2, -0.15) is 0 Å². The maximum Gasteiger partial charge on any atom is 0.202 e. The number of fused-ring (bicyclic) bond motifs is 3. The molecule has 1 heterocycles. The van der Waals surface area contributed by atoms with Crippen LogP contribution in [0.5, 0.6) is 17.2 Å². The smallest absolute Gasteiger partial charge is 0.202 e. The molecule has 6 unspecified atom stereocenters. The molecule has 2 aliphatic carbocycles. The number of ether oxygens (including phenoxy) is 3. The second kappa shape index (κ2) is 20.8. The fraction of sp³-hybridized carbons (Fsp3) is 0.609. The lowest BCUT2D eigenvalue weighted by Gasteiger charge is -2.42. The molecular formula is C46H62O12. The van der Waals surface area contributed by atoms with Crippen LogP contribution in [0.15, 0.2) is 30.4 Å². The van der Waals surface area contributed by atoms with E-state index in [-0.39, 0.29) is 46.6 Å². The van der Waals surface area contributed by atoms with Crippen molar-refractivity contribution in [2.75, 3.05) is 13.7 Å². The largest absolute Gasteiger partial charge is 0.507 e. The Labute approximate surface area is 341 Å². The Morgan fingerprint density at radius 3 is 2.19 bits per heavy atom. The average molecular weight is 807 g/mol. The van der Waals surface area contributed by atoms with Crippen LogP contribution in [-0.2, 0) is 25.5 Å². The van der Waals surface area contributed by atoms with E-state index in [1.165, 1.54) is 63.8 Å². The average Bonchev–Trinajstić information content (AvgIpc) is 3.20. The first kappa shape index (κ1) is 45.1. The van der Waals surface area contributed by atoms with Gasteiger partial charge in [-0.15, -0.1) is 0 Å². The second-order valence-electron chi connectivity index (χ2n) is 16.3. The lowest BCUT2D eigenvalue weighted by molar-refractivity contribution is -0.257. The number of ketones is 4. The highest BCUT2D eigenvalue weighted by atomic mass is 16.7. The number of phenols is 2. The second-order valence-corrected chi connectivity index (χ2v) is 16.3. The van der Waals surface area contributed by atoms with Gasteiger partial charge < -0.3 is 39.7 Å². The number of benzene rings is 2. The van der Waals surface area contributed by atoms with Gasteiger partial charge in [0.2, 0.25) is 5.78 Å². The van der Waals surface area contributed by atoms with Crippen LogP contribution in [0.25, 0.3) is 0 Å². The fourth-order valence-corrected chi connectivity index (χ4v) is 8.80. The molecule has 1 aliphatic heterocycles. The number of phenolic OH excluding ortho intramolecular Hbond substituents is 2. The maximum atomic E-state index is 14.0. The molecule has 0 saturated carbocycles. The van der Waals surface area contributed by atoms with Crippen molar-refractivity contribution in [3.8, 4) is 17.2 Å². The fourth-order valence-electron chi connectivity index (χ4n) is 8.80. The van der Waals surface area contributed by atoms with Crippen molar-refractivity contribution in [2.45, 2.75) is 160 Å². The molecule has 0 aromatic heterocycles. The first-order chi connectivity index (χ1) is 27.9. The van der Waals surface area contributed by atoms with Gasteiger partial charge in [0.1, 0.15) is 35.2 Å². The summed E-state index contributed by atoms with van der Waals surface area (Å²) in [6.45, 7) is 2.83. The van der Waals surface area contributed by atoms with Crippen molar-refractivity contribution in [1.29, 1.82) is 0 Å². The Bertz CT molecular complexity index is 1820. The molecule has 2 aromatic rings. The maximum absolute atomic E-state index is 14.0. The van der Waals surface area contributed by atoms with E-state index < -0.39 is 95.5 Å². The Kier molecular flexibility index (Phi) is 16.2. The van der Waals surface area contributed by atoms with E-state index in [1.807, 2.05) is 0 Å². The van der Waals surface area contributed by atoms with Crippen LogP contribution in [0.3, 0.4) is 0 Å². The molecule has 0 amide bonds. The summed E-state index contributed by atoms with van der Waals surface area (Å²) in [4.78, 5) is 53.8. The zero-order valence-corrected chi connectivity index (χ0v) is 34.3. The first-order valence-electron chi connectivity index (χ1n) is 21.3. The predicted octanol–water partition coefficient (Wildman–Crippen LogP) is 7.29. The van der Waals surface area contributed by atoms with E-state index in [2.05, 4.69) is 19.1 Å². The van der Waals surface area contributed by atoms with Gasteiger partial charge in [0, 0.05) is 48.8 Å². The molecule has 5 rings (SSSR count). The molecule has 2 aromatic carbocycles. The molecule has 1 fully saturated rings. The highest BCUT2D eigenvalue weighted by Crippen LogP contribution is 2.52. The lowest BCUT2D eigenvalue weighted by Crippen LogP contribution is -2.49. The van der Waals surface area contributed by atoms with E-state index in [4.69, 9.17) is 14.2 Å². The molecular weight excluding hydrogens is 744 g/mol. The molecule has 5 N–H and O–H groups in total. The Balaban J connectivity index is 1.22. The third-order valence-corrected chi connectivity index (χ3v) is 12.1. The topological polar surface area (TPSA) is 197 Å². The number of carbonyl (C=O) groups is 4. The zero-order chi connectivity index (χ0) is 42.0. The minimum absolute atomic E-state index is 0.00791. The van der Waals surface area contributed by atoms with Gasteiger partial charge in [-0.05, 0) is 51.0 Å². The summed E-state index contributed by atoms with van der Waals surface area (Å²) >= 11 is 0. The van der Waals surface area contributed by atoms with E-state index in [9.17, 15) is 44.7 Å². The quantitative estimate of drug-likeness (QED) is 0.0387. The molecule has 0 bridgehead atoms. The van der Waals surface area contributed by atoms with Crippen molar-refractivity contribution >= 4 is 23.1 Å². The van der Waals surface area contributed by atoms with Crippen LogP contribution in [0.2, 0.25) is 0 Å². The van der Waals surface area contributed by atoms with Gasteiger partial charge in [0.15, 0.2) is 17.9 Å². The van der Waals surface area contributed by atoms with Crippen LogP contribution in [0, 0.1) is 5.92 Å². The van der Waals surface area contributed by atoms with Crippen LogP contribution in [-0.4, -0.2) is 86.5 Å². The van der Waals surface area contributed by atoms with Crippen LogP contribution in [0.4, 0.5) is 0 Å². The molecule has 1 saturated heterocycles. The van der Waals surface area contributed by atoms with Crippen LogP contribution < -0.4 is 4.74 Å². The number of aromatic hydroxyl groups is 2. The van der Waals surface area contributed by atoms with Gasteiger partial charge in [-0.25, -0.2) is 0 Å². The number of unbranched alkanes of at least 4 members (excludes halogenated alkanes) is 11. The molecule has 6 atom stereocenters. The van der Waals surface area contributed by atoms with Crippen molar-refractivity contribution in [3.63, 3.8) is 0 Å². The minimum Gasteiger partial charge on any atom is -0.507 e. The molecule has 58 heavy (non-hydrogen) atoms. The predicted molar refractivity (Wildman–Crippen MR) is 216 cm³/mol. The minimum atomic E-state index is -2.29. The Morgan fingerprint density at radius 1 is 0.897 bits per heavy atom. The third-order valence-electron chi connectivity index (χ3n) is 12.1. The summed E-state index contributed by atoms with van der Waals surface area (Å²) in [6, 6.07) is 4.39. The molecule has 318 valence electrons. The molecule has 0 spiro atoms. The van der Waals surface area contributed by atoms with Gasteiger partial charge >= 0.3 is 0 Å². The summed E-state index contributed by atoms with van der Waals surface area (Å²) < 4.78 is 17.7. The van der Waals surface area contributed by atoms with Gasteiger partial charge in [-0.3, -0.25) is 19.2 Å². The van der Waals surface area contributed by atoms with E-state index in [0.717, 1.165) is 44.9 Å². The van der Waals surface area contributed by atoms with Crippen molar-refractivity contribution in [1.82, 2.24) is 0 Å². The highest BCUT2D eigenvalue weighted by molar-refractivity contribution is 6.31. The van der Waals surface area contributed by atoms with E-state index >= 15 is 0 Å². The highest BCUT2D eigenvalue weighted by Gasteiger charge is 2.50. The molecule has 12 heteroatoms. The molecule has 12 nitrogen and oxygen atoms in total. The number of methoxy groups -OCH3 is 1. The summed E-state index contributed by atoms with van der Waals surface area (Å²) in [7, 11) is 1.33. The monoisotopic (exact) mass is 806 g/mol. The van der Waals surface area contributed by atoms with Gasteiger partial charge in [0.05, 0.1) is 42.1 Å². The van der Waals surface area contributed by atoms with E-state index in [0.29, 0.717) is 6.42 Å². The third kappa shape index (κ3) is 10.3. The van der Waals surface area contributed by atoms with Crippen molar-refractivity contribution < 1.29 is 58.9 Å². The van der Waals surface area contributed by atoms with Crippen molar-refractivity contribution in [3.05, 3.63) is 63.7 Å². The summed E-state index contributed by atoms with van der Waals surface area (Å²) in [6.07, 6.45) is 14.8. The zero-order valence-electron chi connectivity index (χ0n) is 34.3. The molecule has 0 radical (unpaired) electrons. The SMILES string of the molecule is CCCCCCCCC=CCCCCCCCC(=O)CC1CC(OC2CC(O)(C(=O)CO)Cc3c(O)c4c(c(O)c32)C(=O)c2c(OC)cccc2C4=O)OC(C)C1O. The van der Waals surface area contributed by atoms with Gasteiger partial charge in [0.25, 0.3) is 0 Å². The first-order valence-corrected chi connectivity index (χ1v) is 21.3. The Hall–Kier alpha value is -3.94. The van der Waals surface area contributed by atoms with Gasteiger partial charge in [-0.1, -0.05) is 82.6 Å². The van der Waals surface area contributed by atoms with E-state index in [1.54, 1.807) is 6.92 Å². The number of aliphatic hydroxyl groups excluding tert-OH is 2. The number of rotatable bonds is 22. The summed E-state index contributed by atoms with van der Waals surface area (Å²) in [5, 5.41) is 55.8. The van der Waals surface area contributed by atoms with Crippen molar-refractivity contribution in [2.24, 2.45) is 5.92 Å². The summed E-state index contributed by atoms with van der Waals surface area (Å²) in [5.74, 6) is -4.35. The number of hydrogen-bond donors (Lipinski definition) is 5. The standard InChI is InChI=1S/C46H62O12/c1-4-5-6-7-8-9-10-11-12-13-14-15-16-17-18-20-30(48)23-29-24-36(57-28(2)41(29)50)58-34-26-46(55,35(49)27-47)25-32-38(34)45(54)40-39(43(32)52)42(51)31-21-19-22-33(56-3)37(31)44(40)53/h11-12,19,21-22,28-29,34,36,41,47,50,52,54-55H,4-10,13-18,20,23-27H2,1-3H3. The lowest BCUT2D eigenvalue weighted by atomic mass is 9.72. The number of carbonyl (C=O) groups excluding carboxylic acids is 4. The number of allylic oxidation sites excluding steroid dienone is 2. The number of aliphatic hydroxyl groups is 3. The normalized spacial score (nSPS) is 24.1. The molecule has 3 aliphatic rings. The number of Topliss-reactive ketones (excluding diaryl/α,β-unsaturated/α-hetero) is 2. The van der Waals surface area contributed by atoms with Crippen LogP contribution >= 0.6 is 0 Å².